The fourth-order valence-electron chi connectivity index (χ4n) is 3.13. The van der Waals surface area contributed by atoms with Crippen LogP contribution >= 0.6 is 0 Å². The van der Waals surface area contributed by atoms with Crippen LogP contribution in [0, 0.1) is 23.7 Å². The van der Waals surface area contributed by atoms with Crippen molar-refractivity contribution in [3.05, 3.63) is 0 Å². The zero-order valence-corrected chi connectivity index (χ0v) is 9.84. The highest BCUT2D eigenvalue weighted by Gasteiger charge is 2.33. The van der Waals surface area contributed by atoms with Crippen molar-refractivity contribution < 1.29 is 0 Å². The van der Waals surface area contributed by atoms with Gasteiger partial charge in [-0.3, -0.25) is 0 Å². The summed E-state index contributed by atoms with van der Waals surface area (Å²) in [7, 11) is 0. The lowest BCUT2D eigenvalue weighted by Gasteiger charge is -2.41. The van der Waals surface area contributed by atoms with Crippen LogP contribution < -0.4 is 0 Å². The summed E-state index contributed by atoms with van der Waals surface area (Å²) in [6, 6.07) is 0. The molecule has 0 heteroatoms. The molecule has 0 radical (unpaired) electrons. The van der Waals surface area contributed by atoms with Crippen LogP contribution in [-0.4, -0.2) is 0 Å². The SMILES string of the molecule is CCC(CC)C(C(C)C)C1CCC1. The van der Waals surface area contributed by atoms with Crippen LogP contribution in [0.3, 0.4) is 0 Å². The second-order valence-corrected chi connectivity index (χ2v) is 5.09. The largest absolute Gasteiger partial charge is 0.0651 e. The summed E-state index contributed by atoms with van der Waals surface area (Å²) in [5.74, 6) is 3.98. The van der Waals surface area contributed by atoms with Crippen LogP contribution in [0.1, 0.15) is 59.8 Å². The highest BCUT2D eigenvalue weighted by molar-refractivity contribution is 4.83. The van der Waals surface area contributed by atoms with Gasteiger partial charge >= 0.3 is 0 Å². The minimum Gasteiger partial charge on any atom is -0.0651 e. The van der Waals surface area contributed by atoms with Gasteiger partial charge in [-0.25, -0.2) is 0 Å². The number of hydrogen-bond acceptors (Lipinski definition) is 0. The molecule has 0 saturated heterocycles. The molecule has 1 fully saturated rings. The van der Waals surface area contributed by atoms with Crippen molar-refractivity contribution >= 4 is 0 Å². The maximum absolute atomic E-state index is 2.42. The number of rotatable bonds is 5. The van der Waals surface area contributed by atoms with Crippen LogP contribution in [-0.2, 0) is 0 Å². The molecule has 0 amide bonds. The van der Waals surface area contributed by atoms with Gasteiger partial charge in [0, 0.05) is 0 Å². The van der Waals surface area contributed by atoms with Crippen LogP contribution in [0.25, 0.3) is 0 Å². The van der Waals surface area contributed by atoms with Gasteiger partial charge in [0.2, 0.25) is 0 Å². The first-order valence-corrected chi connectivity index (χ1v) is 6.20. The topological polar surface area (TPSA) is 0 Å². The van der Waals surface area contributed by atoms with Gasteiger partial charge in [0.25, 0.3) is 0 Å². The Labute approximate surface area is 84.1 Å². The van der Waals surface area contributed by atoms with Gasteiger partial charge in [-0.15, -0.1) is 0 Å². The fraction of sp³-hybridized carbons (Fsp3) is 1.00. The maximum atomic E-state index is 2.42. The minimum absolute atomic E-state index is 0.898. The Bertz CT molecular complexity index is 129. The molecule has 0 aliphatic heterocycles. The lowest BCUT2D eigenvalue weighted by atomic mass is 9.65. The molecule has 0 bridgehead atoms. The second-order valence-electron chi connectivity index (χ2n) is 5.09. The molecule has 0 aromatic heterocycles. The Balaban J connectivity index is 2.53. The second kappa shape index (κ2) is 5.02. The molecule has 1 aliphatic carbocycles. The quantitative estimate of drug-likeness (QED) is 0.587. The average molecular weight is 182 g/mol. The summed E-state index contributed by atoms with van der Waals surface area (Å²) in [6.45, 7) is 9.56. The Morgan fingerprint density at radius 3 is 1.85 bits per heavy atom. The van der Waals surface area contributed by atoms with Crippen LogP contribution in [0.4, 0.5) is 0 Å². The lowest BCUT2D eigenvalue weighted by Crippen LogP contribution is -2.32. The summed E-state index contributed by atoms with van der Waals surface area (Å²) in [5.41, 5.74) is 0. The zero-order valence-electron chi connectivity index (χ0n) is 9.84. The predicted molar refractivity (Wildman–Crippen MR) is 59.7 cm³/mol. The molecule has 78 valence electrons. The summed E-state index contributed by atoms with van der Waals surface area (Å²) in [4.78, 5) is 0. The summed E-state index contributed by atoms with van der Waals surface area (Å²) in [5, 5.41) is 0. The molecule has 0 aromatic carbocycles. The summed E-state index contributed by atoms with van der Waals surface area (Å²) >= 11 is 0. The van der Waals surface area contributed by atoms with Crippen LogP contribution in [0.5, 0.6) is 0 Å². The lowest BCUT2D eigenvalue weighted by molar-refractivity contribution is 0.0942. The van der Waals surface area contributed by atoms with Gasteiger partial charge < -0.3 is 0 Å². The van der Waals surface area contributed by atoms with Gasteiger partial charge in [0.1, 0.15) is 0 Å². The summed E-state index contributed by atoms with van der Waals surface area (Å²) < 4.78 is 0. The van der Waals surface area contributed by atoms with E-state index in [4.69, 9.17) is 0 Å². The van der Waals surface area contributed by atoms with E-state index in [2.05, 4.69) is 27.7 Å². The third kappa shape index (κ3) is 2.48. The molecule has 1 atom stereocenters. The van der Waals surface area contributed by atoms with Crippen LogP contribution in [0.15, 0.2) is 0 Å². The Kier molecular flexibility index (Phi) is 4.28. The molecular weight excluding hydrogens is 156 g/mol. The van der Waals surface area contributed by atoms with E-state index in [1.165, 1.54) is 32.1 Å². The van der Waals surface area contributed by atoms with E-state index in [-0.39, 0.29) is 0 Å². The third-order valence-electron chi connectivity index (χ3n) is 4.06. The van der Waals surface area contributed by atoms with E-state index >= 15 is 0 Å². The maximum Gasteiger partial charge on any atom is -0.0334 e. The van der Waals surface area contributed by atoms with Gasteiger partial charge in [0.05, 0.1) is 0 Å². The van der Waals surface area contributed by atoms with Crippen molar-refractivity contribution in [1.82, 2.24) is 0 Å². The zero-order chi connectivity index (χ0) is 9.84. The van der Waals surface area contributed by atoms with E-state index in [1.807, 2.05) is 0 Å². The molecule has 0 heterocycles. The molecule has 13 heavy (non-hydrogen) atoms. The van der Waals surface area contributed by atoms with E-state index in [0.717, 1.165) is 23.7 Å². The molecular formula is C13H26. The van der Waals surface area contributed by atoms with Crippen molar-refractivity contribution in [1.29, 1.82) is 0 Å². The van der Waals surface area contributed by atoms with Crippen molar-refractivity contribution in [3.8, 4) is 0 Å². The van der Waals surface area contributed by atoms with Crippen molar-refractivity contribution in [2.45, 2.75) is 59.8 Å². The van der Waals surface area contributed by atoms with E-state index in [1.54, 1.807) is 0 Å². The first-order chi connectivity index (χ1) is 6.20. The molecule has 0 N–H and O–H groups in total. The van der Waals surface area contributed by atoms with Crippen molar-refractivity contribution in [2.75, 3.05) is 0 Å². The fourth-order valence-corrected chi connectivity index (χ4v) is 3.13. The first kappa shape index (κ1) is 11.1. The standard InChI is InChI=1S/C13H26/c1-5-11(6-2)13(10(3)4)12-8-7-9-12/h10-13H,5-9H2,1-4H3. The molecule has 1 aliphatic rings. The highest BCUT2D eigenvalue weighted by atomic mass is 14.4. The molecule has 0 aromatic rings. The van der Waals surface area contributed by atoms with Gasteiger partial charge in [0.15, 0.2) is 0 Å². The van der Waals surface area contributed by atoms with E-state index in [0.29, 0.717) is 0 Å². The Morgan fingerprint density at radius 1 is 1.08 bits per heavy atom. The number of hydrogen-bond donors (Lipinski definition) is 0. The van der Waals surface area contributed by atoms with Gasteiger partial charge in [-0.05, 0) is 23.7 Å². The minimum atomic E-state index is 0.898. The monoisotopic (exact) mass is 182 g/mol. The van der Waals surface area contributed by atoms with E-state index in [9.17, 15) is 0 Å². The smallest absolute Gasteiger partial charge is 0.0334 e. The normalized spacial score (nSPS) is 20.8. The average Bonchev–Trinajstić information content (AvgIpc) is 2.01. The Hall–Kier alpha value is 0. The van der Waals surface area contributed by atoms with Crippen molar-refractivity contribution in [2.24, 2.45) is 23.7 Å². The molecule has 1 saturated carbocycles. The third-order valence-corrected chi connectivity index (χ3v) is 4.06. The Morgan fingerprint density at radius 2 is 1.62 bits per heavy atom. The predicted octanol–water partition coefficient (Wildman–Crippen LogP) is 4.49. The first-order valence-electron chi connectivity index (χ1n) is 6.20. The molecule has 0 spiro atoms. The van der Waals surface area contributed by atoms with Gasteiger partial charge in [-0.1, -0.05) is 59.8 Å². The summed E-state index contributed by atoms with van der Waals surface area (Å²) in [6.07, 6.45) is 7.29. The van der Waals surface area contributed by atoms with Crippen molar-refractivity contribution in [3.63, 3.8) is 0 Å². The van der Waals surface area contributed by atoms with Crippen LogP contribution in [0.2, 0.25) is 0 Å². The molecule has 1 unspecified atom stereocenters. The van der Waals surface area contributed by atoms with E-state index < -0.39 is 0 Å². The van der Waals surface area contributed by atoms with Gasteiger partial charge in [-0.2, -0.15) is 0 Å². The highest BCUT2D eigenvalue weighted by Crippen LogP contribution is 2.43. The molecule has 0 nitrogen and oxygen atoms in total. The molecule has 1 rings (SSSR count).